The second-order valence-corrected chi connectivity index (χ2v) is 8.51. The van der Waals surface area contributed by atoms with Gasteiger partial charge in [0, 0.05) is 10.7 Å². The Morgan fingerprint density at radius 1 is 1.03 bits per heavy atom. The molecule has 0 spiro atoms. The lowest BCUT2D eigenvalue weighted by molar-refractivity contribution is -0.122. The lowest BCUT2D eigenvalue weighted by Gasteiger charge is -2.26. The average Bonchev–Trinajstić information content (AvgIpc) is 2.87. The largest absolute Gasteiger partial charge is 0.493 e. The van der Waals surface area contributed by atoms with E-state index >= 15 is 0 Å². The zero-order chi connectivity index (χ0) is 26.5. The zero-order valence-corrected chi connectivity index (χ0v) is 20.8. The Morgan fingerprint density at radius 2 is 1.73 bits per heavy atom. The molecule has 0 saturated carbocycles. The van der Waals surface area contributed by atoms with Crippen LogP contribution in [0.3, 0.4) is 0 Å². The highest BCUT2D eigenvalue weighted by Gasteiger charge is 2.36. The van der Waals surface area contributed by atoms with Crippen LogP contribution in [0.1, 0.15) is 5.56 Å². The summed E-state index contributed by atoms with van der Waals surface area (Å²) in [5.74, 6) is -1.83. The number of carbonyl (C=O) groups is 4. The summed E-state index contributed by atoms with van der Waals surface area (Å²) in [6, 6.07) is 16.8. The van der Waals surface area contributed by atoms with Gasteiger partial charge in [-0.3, -0.25) is 19.7 Å². The van der Waals surface area contributed by atoms with Crippen molar-refractivity contribution in [2.45, 2.75) is 0 Å². The van der Waals surface area contributed by atoms with Crippen LogP contribution < -0.4 is 25.0 Å². The third-order valence-electron chi connectivity index (χ3n) is 5.15. The molecule has 0 aliphatic carbocycles. The van der Waals surface area contributed by atoms with Crippen LogP contribution >= 0.6 is 23.2 Å². The van der Waals surface area contributed by atoms with E-state index < -0.39 is 23.8 Å². The molecule has 2 N–H and O–H groups in total. The minimum atomic E-state index is -0.852. The van der Waals surface area contributed by atoms with E-state index in [0.29, 0.717) is 22.0 Å². The van der Waals surface area contributed by atoms with Gasteiger partial charge in [0.1, 0.15) is 5.57 Å². The summed E-state index contributed by atoms with van der Waals surface area (Å²) in [5, 5.41) is 5.43. The molecule has 0 unspecified atom stereocenters. The first kappa shape index (κ1) is 25.7. The molecular weight excluding hydrogens is 521 g/mol. The fourth-order valence-electron chi connectivity index (χ4n) is 3.47. The van der Waals surface area contributed by atoms with E-state index in [1.807, 2.05) is 0 Å². The molecular formula is C26H19Cl2N3O6. The summed E-state index contributed by atoms with van der Waals surface area (Å²) in [6.07, 6.45) is 1.28. The van der Waals surface area contributed by atoms with Gasteiger partial charge in [-0.1, -0.05) is 41.4 Å². The SMILES string of the molecule is COc1cc(/C=C2\C(=O)NC(=O)N(c3ccccc3)C2=O)cc(Cl)c1OCC(=O)Nc1ccc(Cl)cc1. The molecule has 0 atom stereocenters. The van der Waals surface area contributed by atoms with Crippen LogP contribution in [0.4, 0.5) is 16.2 Å². The molecule has 3 aromatic rings. The van der Waals surface area contributed by atoms with Gasteiger partial charge >= 0.3 is 6.03 Å². The number of anilines is 2. The van der Waals surface area contributed by atoms with Gasteiger partial charge in [-0.2, -0.15) is 0 Å². The number of para-hydroxylation sites is 1. The quantitative estimate of drug-likeness (QED) is 0.332. The molecule has 1 heterocycles. The highest BCUT2D eigenvalue weighted by Crippen LogP contribution is 2.37. The van der Waals surface area contributed by atoms with E-state index in [4.69, 9.17) is 32.7 Å². The Hall–Kier alpha value is -4.34. The van der Waals surface area contributed by atoms with E-state index in [1.165, 1.54) is 25.3 Å². The molecule has 11 heteroatoms. The third kappa shape index (κ3) is 5.91. The first-order valence-corrected chi connectivity index (χ1v) is 11.5. The van der Waals surface area contributed by atoms with Gasteiger partial charge in [0.2, 0.25) is 0 Å². The normalized spacial score (nSPS) is 14.4. The number of ether oxygens (including phenoxy) is 2. The molecule has 1 aliphatic heterocycles. The van der Waals surface area contributed by atoms with Gasteiger partial charge in [0.25, 0.3) is 17.7 Å². The summed E-state index contributed by atoms with van der Waals surface area (Å²) in [6.45, 7) is -0.367. The van der Waals surface area contributed by atoms with Crippen molar-refractivity contribution in [3.63, 3.8) is 0 Å². The summed E-state index contributed by atoms with van der Waals surface area (Å²) in [5.41, 5.74) is 0.898. The van der Waals surface area contributed by atoms with Crippen molar-refractivity contribution in [3.8, 4) is 11.5 Å². The van der Waals surface area contributed by atoms with Gasteiger partial charge in [0.05, 0.1) is 17.8 Å². The minimum Gasteiger partial charge on any atom is -0.493 e. The molecule has 1 aliphatic rings. The van der Waals surface area contributed by atoms with Gasteiger partial charge in [-0.05, 0) is 60.2 Å². The van der Waals surface area contributed by atoms with Crippen LogP contribution in [0.5, 0.6) is 11.5 Å². The lowest BCUT2D eigenvalue weighted by atomic mass is 10.1. The number of nitrogens with zero attached hydrogens (tertiary/aromatic N) is 1. The molecule has 0 bridgehead atoms. The zero-order valence-electron chi connectivity index (χ0n) is 19.3. The molecule has 4 rings (SSSR count). The van der Waals surface area contributed by atoms with Crippen molar-refractivity contribution in [2.75, 3.05) is 23.9 Å². The molecule has 0 radical (unpaired) electrons. The number of urea groups is 1. The van der Waals surface area contributed by atoms with Crippen molar-refractivity contribution in [3.05, 3.63) is 87.9 Å². The predicted molar refractivity (Wildman–Crippen MR) is 139 cm³/mol. The molecule has 1 fully saturated rings. The van der Waals surface area contributed by atoms with Gasteiger partial charge < -0.3 is 14.8 Å². The Labute approximate surface area is 221 Å². The summed E-state index contributed by atoms with van der Waals surface area (Å²) >= 11 is 12.2. The number of imide groups is 2. The van der Waals surface area contributed by atoms with Crippen LogP contribution in [0.2, 0.25) is 10.0 Å². The Kier molecular flexibility index (Phi) is 7.76. The number of methoxy groups -OCH3 is 1. The number of halogens is 2. The van der Waals surface area contributed by atoms with Crippen LogP contribution in [0, 0.1) is 0 Å². The second kappa shape index (κ2) is 11.2. The van der Waals surface area contributed by atoms with E-state index in [0.717, 1.165) is 4.90 Å². The third-order valence-corrected chi connectivity index (χ3v) is 5.69. The smallest absolute Gasteiger partial charge is 0.335 e. The first-order valence-electron chi connectivity index (χ1n) is 10.8. The maximum atomic E-state index is 13.0. The van der Waals surface area contributed by atoms with E-state index in [2.05, 4.69) is 10.6 Å². The van der Waals surface area contributed by atoms with Gasteiger partial charge in [-0.15, -0.1) is 0 Å². The predicted octanol–water partition coefficient (Wildman–Crippen LogP) is 4.69. The minimum absolute atomic E-state index is 0.0742. The molecule has 37 heavy (non-hydrogen) atoms. The molecule has 5 amide bonds. The van der Waals surface area contributed by atoms with Crippen molar-refractivity contribution in [2.24, 2.45) is 0 Å². The standard InChI is InChI=1S/C26H19Cl2N3O6/c1-36-21-13-15(11-19-24(33)30-26(35)31(25(19)34)18-5-3-2-4-6-18)12-20(28)23(21)37-14-22(32)29-17-9-7-16(27)8-10-17/h2-13H,14H2,1H3,(H,29,32)(H,30,33,35)/b19-11+. The fourth-order valence-corrected chi connectivity index (χ4v) is 3.87. The Bertz CT molecular complexity index is 1410. The highest BCUT2D eigenvalue weighted by molar-refractivity contribution is 6.39. The maximum absolute atomic E-state index is 13.0. The maximum Gasteiger partial charge on any atom is 0.335 e. The topological polar surface area (TPSA) is 114 Å². The Morgan fingerprint density at radius 3 is 2.41 bits per heavy atom. The van der Waals surface area contributed by atoms with Crippen LogP contribution in [0.25, 0.3) is 6.08 Å². The lowest BCUT2D eigenvalue weighted by Crippen LogP contribution is -2.54. The second-order valence-electron chi connectivity index (χ2n) is 7.67. The molecule has 3 aromatic carbocycles. The van der Waals surface area contributed by atoms with Crippen molar-refractivity contribution in [1.82, 2.24) is 5.32 Å². The van der Waals surface area contributed by atoms with Gasteiger partial charge in [0.15, 0.2) is 18.1 Å². The summed E-state index contributed by atoms with van der Waals surface area (Å²) in [4.78, 5) is 51.0. The number of barbiturate groups is 1. The van der Waals surface area contributed by atoms with Crippen molar-refractivity contribution >= 4 is 64.4 Å². The fraction of sp³-hybridized carbons (Fsp3) is 0.0769. The number of carbonyl (C=O) groups excluding carboxylic acids is 4. The molecule has 1 saturated heterocycles. The van der Waals surface area contributed by atoms with Crippen molar-refractivity contribution < 1.29 is 28.7 Å². The van der Waals surface area contributed by atoms with Crippen LogP contribution in [-0.2, 0) is 14.4 Å². The van der Waals surface area contributed by atoms with Crippen molar-refractivity contribution in [1.29, 1.82) is 0 Å². The number of benzene rings is 3. The number of hydrogen-bond donors (Lipinski definition) is 2. The average molecular weight is 540 g/mol. The summed E-state index contributed by atoms with van der Waals surface area (Å²) in [7, 11) is 1.37. The number of nitrogens with one attached hydrogen (secondary N) is 2. The first-order chi connectivity index (χ1) is 17.8. The van der Waals surface area contributed by atoms with Crippen LogP contribution in [-0.4, -0.2) is 37.5 Å². The highest BCUT2D eigenvalue weighted by atomic mass is 35.5. The van der Waals surface area contributed by atoms with E-state index in [9.17, 15) is 19.2 Å². The molecule has 9 nitrogen and oxygen atoms in total. The summed E-state index contributed by atoms with van der Waals surface area (Å²) < 4.78 is 10.9. The van der Waals surface area contributed by atoms with Crippen LogP contribution in [0.15, 0.2) is 72.3 Å². The molecule has 0 aromatic heterocycles. The monoisotopic (exact) mass is 539 g/mol. The van der Waals surface area contributed by atoms with E-state index in [1.54, 1.807) is 54.6 Å². The number of rotatable bonds is 7. The number of amides is 5. The number of hydrogen-bond acceptors (Lipinski definition) is 6. The molecule has 188 valence electrons. The Balaban J connectivity index is 1.54. The van der Waals surface area contributed by atoms with Gasteiger partial charge in [-0.25, -0.2) is 9.69 Å². The van der Waals surface area contributed by atoms with E-state index in [-0.39, 0.29) is 28.7 Å².